The fourth-order valence-electron chi connectivity index (χ4n) is 1.70. The van der Waals surface area contributed by atoms with Crippen LogP contribution < -0.4 is 10.6 Å². The van der Waals surface area contributed by atoms with Crippen LogP contribution in [-0.4, -0.2) is 30.8 Å². The molecule has 0 aliphatic heterocycles. The van der Waals surface area contributed by atoms with Crippen LogP contribution in [0.25, 0.3) is 0 Å². The van der Waals surface area contributed by atoms with Crippen molar-refractivity contribution in [2.45, 2.75) is 19.5 Å². The van der Waals surface area contributed by atoms with E-state index in [0.717, 1.165) is 12.1 Å². The van der Waals surface area contributed by atoms with Crippen molar-refractivity contribution in [1.29, 1.82) is 0 Å². The van der Waals surface area contributed by atoms with Crippen LogP contribution in [0.3, 0.4) is 0 Å². The maximum atomic E-state index is 12.5. The Hall–Kier alpha value is -2.20. The van der Waals surface area contributed by atoms with Crippen LogP contribution in [0.2, 0.25) is 0 Å². The van der Waals surface area contributed by atoms with E-state index in [4.69, 9.17) is 5.11 Å². The minimum atomic E-state index is -4.40. The number of rotatable bonds is 5. The maximum absolute atomic E-state index is 12.5. The molecular formula is C16H19F3N2O2. The van der Waals surface area contributed by atoms with Gasteiger partial charge in [0.15, 0.2) is 0 Å². The molecule has 1 rings (SSSR count). The first-order chi connectivity index (χ1) is 10.8. The highest BCUT2D eigenvalue weighted by atomic mass is 19.4. The Labute approximate surface area is 133 Å². The zero-order chi connectivity index (χ0) is 17.3. The number of aliphatic hydroxyl groups excluding tert-OH is 1. The van der Waals surface area contributed by atoms with Crippen LogP contribution in [0.15, 0.2) is 24.3 Å². The highest BCUT2D eigenvalue weighted by Crippen LogP contribution is 2.29. The number of nitrogens with one attached hydrogen (secondary N) is 2. The van der Waals surface area contributed by atoms with Crippen molar-refractivity contribution < 1.29 is 23.1 Å². The Kier molecular flexibility index (Phi) is 7.42. The average molecular weight is 328 g/mol. The smallest absolute Gasteiger partial charge is 0.396 e. The van der Waals surface area contributed by atoms with Gasteiger partial charge in [0.1, 0.15) is 0 Å². The van der Waals surface area contributed by atoms with Crippen LogP contribution in [0.1, 0.15) is 24.5 Å². The van der Waals surface area contributed by atoms with Gasteiger partial charge < -0.3 is 15.7 Å². The van der Waals surface area contributed by atoms with Crippen molar-refractivity contribution in [1.82, 2.24) is 10.6 Å². The number of hydrogen-bond donors (Lipinski definition) is 3. The molecule has 0 aliphatic rings. The lowest BCUT2D eigenvalue weighted by atomic mass is 10.1. The Bertz CT molecular complexity index is 577. The Morgan fingerprint density at radius 2 is 2.09 bits per heavy atom. The van der Waals surface area contributed by atoms with Crippen molar-refractivity contribution in [3.63, 3.8) is 0 Å². The summed E-state index contributed by atoms with van der Waals surface area (Å²) >= 11 is 0. The number of carbonyl (C=O) groups is 1. The van der Waals surface area contributed by atoms with Gasteiger partial charge in [-0.1, -0.05) is 24.8 Å². The molecule has 0 heterocycles. The molecule has 1 atom stereocenters. The molecule has 0 spiro atoms. The van der Waals surface area contributed by atoms with Gasteiger partial charge in [-0.2, -0.15) is 13.2 Å². The predicted molar refractivity (Wildman–Crippen MR) is 80.6 cm³/mol. The van der Waals surface area contributed by atoms with Crippen molar-refractivity contribution >= 4 is 6.03 Å². The number of urea groups is 1. The largest absolute Gasteiger partial charge is 0.416 e. The first-order valence-electron chi connectivity index (χ1n) is 7.11. The van der Waals surface area contributed by atoms with E-state index in [1.54, 1.807) is 0 Å². The average Bonchev–Trinajstić information content (AvgIpc) is 2.49. The molecule has 0 fully saturated rings. The van der Waals surface area contributed by atoms with Gasteiger partial charge in [0.2, 0.25) is 0 Å². The highest BCUT2D eigenvalue weighted by Gasteiger charge is 2.30. The first kappa shape index (κ1) is 18.8. The summed E-state index contributed by atoms with van der Waals surface area (Å²) in [6.07, 6.45) is -3.81. The standard InChI is InChI=1S/C16H19F3N2O2/c1-12(7-9-22)11-21-15(23)20-8-3-5-13-4-2-6-14(10-13)16(17,18)19/h2,4,6,10,12,22H,7-9,11H2,1H3,(H2,20,21,23). The van der Waals surface area contributed by atoms with Gasteiger partial charge >= 0.3 is 12.2 Å². The summed E-state index contributed by atoms with van der Waals surface area (Å²) < 4.78 is 37.6. The van der Waals surface area contributed by atoms with Crippen LogP contribution in [0.4, 0.5) is 18.0 Å². The van der Waals surface area contributed by atoms with E-state index < -0.39 is 17.8 Å². The number of hydrogen-bond acceptors (Lipinski definition) is 2. The SMILES string of the molecule is CC(CCO)CNC(=O)NCC#Cc1cccc(C(F)(F)F)c1. The summed E-state index contributed by atoms with van der Waals surface area (Å²) in [7, 11) is 0. The van der Waals surface area contributed by atoms with Crippen molar-refractivity contribution in [2.75, 3.05) is 19.7 Å². The van der Waals surface area contributed by atoms with Crippen LogP contribution in [-0.2, 0) is 6.18 Å². The summed E-state index contributed by atoms with van der Waals surface area (Å²) in [4.78, 5) is 11.4. The van der Waals surface area contributed by atoms with E-state index >= 15 is 0 Å². The third-order valence-electron chi connectivity index (χ3n) is 2.99. The van der Waals surface area contributed by atoms with E-state index in [0.29, 0.717) is 13.0 Å². The quantitative estimate of drug-likeness (QED) is 0.727. The molecule has 4 nitrogen and oxygen atoms in total. The molecule has 2 amide bonds. The fraction of sp³-hybridized carbons (Fsp3) is 0.438. The van der Waals surface area contributed by atoms with Crippen LogP contribution in [0.5, 0.6) is 0 Å². The molecule has 1 aromatic rings. The second-order valence-corrected chi connectivity index (χ2v) is 5.06. The lowest BCUT2D eigenvalue weighted by Crippen LogP contribution is -2.38. The molecule has 0 saturated heterocycles. The number of halogens is 3. The lowest BCUT2D eigenvalue weighted by Gasteiger charge is -2.10. The van der Waals surface area contributed by atoms with Gasteiger partial charge in [-0.25, -0.2) is 4.79 Å². The van der Waals surface area contributed by atoms with Crippen molar-refractivity contribution in [2.24, 2.45) is 5.92 Å². The Balaban J connectivity index is 2.42. The third kappa shape index (κ3) is 7.56. The second-order valence-electron chi connectivity index (χ2n) is 5.06. The summed E-state index contributed by atoms with van der Waals surface area (Å²) in [6, 6.07) is 4.29. The van der Waals surface area contributed by atoms with Gasteiger partial charge in [0, 0.05) is 18.7 Å². The summed E-state index contributed by atoms with van der Waals surface area (Å²) in [5.74, 6) is 5.32. The van der Waals surface area contributed by atoms with E-state index in [-0.39, 0.29) is 24.6 Å². The van der Waals surface area contributed by atoms with Crippen LogP contribution in [0, 0.1) is 17.8 Å². The molecular weight excluding hydrogens is 309 g/mol. The number of alkyl halides is 3. The minimum absolute atomic E-state index is 0.0243. The monoisotopic (exact) mass is 328 g/mol. The van der Waals surface area contributed by atoms with Crippen LogP contribution >= 0.6 is 0 Å². The maximum Gasteiger partial charge on any atom is 0.416 e. The number of amides is 2. The Morgan fingerprint density at radius 3 is 2.74 bits per heavy atom. The molecule has 0 radical (unpaired) electrons. The van der Waals surface area contributed by atoms with Gasteiger partial charge in [-0.3, -0.25) is 0 Å². The highest BCUT2D eigenvalue weighted by molar-refractivity contribution is 5.74. The molecule has 0 saturated carbocycles. The molecule has 1 aromatic carbocycles. The molecule has 7 heteroatoms. The van der Waals surface area contributed by atoms with E-state index in [1.807, 2.05) is 6.92 Å². The van der Waals surface area contributed by atoms with Crippen molar-refractivity contribution in [3.8, 4) is 11.8 Å². The Morgan fingerprint density at radius 1 is 1.35 bits per heavy atom. The summed E-state index contributed by atoms with van der Waals surface area (Å²) in [5, 5.41) is 13.8. The molecule has 1 unspecified atom stereocenters. The van der Waals surface area contributed by atoms with E-state index in [9.17, 15) is 18.0 Å². The summed E-state index contributed by atoms with van der Waals surface area (Å²) in [5.41, 5.74) is -0.522. The van der Waals surface area contributed by atoms with Crippen molar-refractivity contribution in [3.05, 3.63) is 35.4 Å². The molecule has 3 N–H and O–H groups in total. The predicted octanol–water partition coefficient (Wildman–Crippen LogP) is 2.37. The van der Waals surface area contributed by atoms with Gasteiger partial charge in [-0.05, 0) is 30.5 Å². The lowest BCUT2D eigenvalue weighted by molar-refractivity contribution is -0.137. The molecule has 23 heavy (non-hydrogen) atoms. The summed E-state index contributed by atoms with van der Waals surface area (Å²) in [6.45, 7) is 2.40. The number of aliphatic hydroxyl groups is 1. The molecule has 0 aromatic heterocycles. The number of carbonyl (C=O) groups excluding carboxylic acids is 1. The van der Waals surface area contributed by atoms with Gasteiger partial charge in [0.25, 0.3) is 0 Å². The first-order valence-corrected chi connectivity index (χ1v) is 7.11. The number of benzene rings is 1. The van der Waals surface area contributed by atoms with E-state index in [2.05, 4.69) is 22.5 Å². The minimum Gasteiger partial charge on any atom is -0.396 e. The van der Waals surface area contributed by atoms with Gasteiger partial charge in [-0.15, -0.1) is 0 Å². The van der Waals surface area contributed by atoms with E-state index in [1.165, 1.54) is 12.1 Å². The zero-order valence-electron chi connectivity index (χ0n) is 12.7. The zero-order valence-corrected chi connectivity index (χ0v) is 12.7. The molecule has 0 aliphatic carbocycles. The van der Waals surface area contributed by atoms with Gasteiger partial charge in [0.05, 0.1) is 12.1 Å². The normalized spacial score (nSPS) is 12.0. The fourth-order valence-corrected chi connectivity index (χ4v) is 1.70. The molecule has 126 valence electrons. The molecule has 0 bridgehead atoms. The third-order valence-corrected chi connectivity index (χ3v) is 2.99. The topological polar surface area (TPSA) is 61.4 Å². The second kappa shape index (κ2) is 9.06.